The number of ether oxygens (including phenoxy) is 4. The lowest BCUT2D eigenvalue weighted by Gasteiger charge is -2.08. The molecule has 0 fully saturated rings. The van der Waals surface area contributed by atoms with Gasteiger partial charge in [0.05, 0.1) is 0 Å². The lowest BCUT2D eigenvalue weighted by molar-refractivity contribution is 0.0509. The van der Waals surface area contributed by atoms with Crippen LogP contribution in [0.1, 0.15) is 15.9 Å². The predicted octanol–water partition coefficient (Wildman–Crippen LogP) is 2.88. The van der Waals surface area contributed by atoms with Crippen LogP contribution in [0.15, 0.2) is 48.5 Å². The maximum absolute atomic E-state index is 12.4. The second-order valence-electron chi connectivity index (χ2n) is 4.48. The predicted molar refractivity (Wildman–Crippen MR) is 81.3 cm³/mol. The first-order valence-electron chi connectivity index (χ1n) is 6.73. The molecule has 0 bridgehead atoms. The minimum Gasteiger partial charge on any atom is -0.468 e. The molecule has 0 aliphatic carbocycles. The van der Waals surface area contributed by atoms with Crippen LogP contribution in [0.4, 0.5) is 0 Å². The number of carbonyl (C=O) groups excluding carboxylic acids is 1. The van der Waals surface area contributed by atoms with Crippen molar-refractivity contribution in [3.8, 4) is 11.5 Å². The van der Waals surface area contributed by atoms with Crippen molar-refractivity contribution in [1.29, 1.82) is 0 Å². The van der Waals surface area contributed by atoms with Crippen molar-refractivity contribution >= 4 is 5.78 Å². The highest BCUT2D eigenvalue weighted by molar-refractivity contribution is 6.09. The highest BCUT2D eigenvalue weighted by atomic mass is 16.7. The molecule has 0 N–H and O–H groups in total. The Bertz CT molecular complexity index is 607. The maximum atomic E-state index is 12.4. The molecule has 0 atom stereocenters. The van der Waals surface area contributed by atoms with Crippen LogP contribution >= 0.6 is 0 Å². The molecule has 2 aromatic carbocycles. The summed E-state index contributed by atoms with van der Waals surface area (Å²) in [5.41, 5.74) is 1.13. The highest BCUT2D eigenvalue weighted by Crippen LogP contribution is 2.19. The van der Waals surface area contributed by atoms with Crippen molar-refractivity contribution in [2.45, 2.75) is 0 Å². The molecular weight excluding hydrogens is 284 g/mol. The van der Waals surface area contributed by atoms with E-state index in [0.717, 1.165) is 0 Å². The Morgan fingerprint density at radius 3 is 2.09 bits per heavy atom. The fourth-order valence-electron chi connectivity index (χ4n) is 1.85. The number of rotatable bonds is 8. The fourth-order valence-corrected chi connectivity index (χ4v) is 1.85. The maximum Gasteiger partial charge on any atom is 0.193 e. The molecule has 0 aromatic heterocycles. The monoisotopic (exact) mass is 302 g/mol. The molecular formula is C17H18O5. The number of benzene rings is 2. The smallest absolute Gasteiger partial charge is 0.193 e. The fraction of sp³-hybridized carbons (Fsp3) is 0.235. The van der Waals surface area contributed by atoms with Gasteiger partial charge < -0.3 is 18.9 Å². The van der Waals surface area contributed by atoms with Gasteiger partial charge in [-0.1, -0.05) is 12.1 Å². The van der Waals surface area contributed by atoms with Crippen LogP contribution in [0, 0.1) is 0 Å². The van der Waals surface area contributed by atoms with Crippen molar-refractivity contribution in [1.82, 2.24) is 0 Å². The molecule has 0 spiro atoms. The van der Waals surface area contributed by atoms with Crippen LogP contribution in [-0.2, 0) is 9.47 Å². The van der Waals surface area contributed by atoms with Crippen LogP contribution < -0.4 is 9.47 Å². The van der Waals surface area contributed by atoms with Gasteiger partial charge in [-0.15, -0.1) is 0 Å². The van der Waals surface area contributed by atoms with E-state index < -0.39 is 0 Å². The van der Waals surface area contributed by atoms with Crippen LogP contribution in [0.3, 0.4) is 0 Å². The largest absolute Gasteiger partial charge is 0.468 e. The third-order valence-electron chi connectivity index (χ3n) is 2.90. The highest BCUT2D eigenvalue weighted by Gasteiger charge is 2.10. The van der Waals surface area contributed by atoms with Gasteiger partial charge in [-0.25, -0.2) is 0 Å². The van der Waals surface area contributed by atoms with E-state index >= 15 is 0 Å². The lowest BCUT2D eigenvalue weighted by atomic mass is 10.0. The standard InChI is InChI=1S/C17H18O5/c1-19-11-21-15-8-6-13(7-9-15)17(18)14-4-3-5-16(10-14)22-12-20-2/h3-10H,11-12H2,1-2H3. The minimum atomic E-state index is -0.0823. The molecule has 116 valence electrons. The van der Waals surface area contributed by atoms with Crippen LogP contribution in [0.25, 0.3) is 0 Å². The molecule has 0 unspecified atom stereocenters. The van der Waals surface area contributed by atoms with Gasteiger partial charge in [0.25, 0.3) is 0 Å². The topological polar surface area (TPSA) is 54.0 Å². The summed E-state index contributed by atoms with van der Waals surface area (Å²) in [6, 6.07) is 13.9. The van der Waals surface area contributed by atoms with E-state index in [1.165, 1.54) is 0 Å². The zero-order valence-electron chi connectivity index (χ0n) is 12.6. The van der Waals surface area contributed by atoms with E-state index in [9.17, 15) is 4.79 Å². The van der Waals surface area contributed by atoms with Gasteiger partial charge in [0.15, 0.2) is 19.4 Å². The molecule has 0 heterocycles. The summed E-state index contributed by atoms with van der Waals surface area (Å²) >= 11 is 0. The Kier molecular flexibility index (Phi) is 5.94. The summed E-state index contributed by atoms with van der Waals surface area (Å²) in [6.07, 6.45) is 0. The van der Waals surface area contributed by atoms with Gasteiger partial charge in [0, 0.05) is 25.3 Å². The number of carbonyl (C=O) groups is 1. The SMILES string of the molecule is COCOc1ccc(C(=O)c2cccc(OCOC)c2)cc1. The van der Waals surface area contributed by atoms with E-state index in [1.54, 1.807) is 62.8 Å². The van der Waals surface area contributed by atoms with Gasteiger partial charge in [-0.2, -0.15) is 0 Å². The molecule has 0 radical (unpaired) electrons. The van der Waals surface area contributed by atoms with Gasteiger partial charge in [0.1, 0.15) is 11.5 Å². The van der Waals surface area contributed by atoms with Gasteiger partial charge in [-0.3, -0.25) is 4.79 Å². The third kappa shape index (κ3) is 4.31. The zero-order valence-corrected chi connectivity index (χ0v) is 12.6. The molecule has 5 nitrogen and oxygen atoms in total. The van der Waals surface area contributed by atoms with Crippen molar-refractivity contribution in [3.63, 3.8) is 0 Å². The Labute approximate surface area is 129 Å². The number of hydrogen-bond donors (Lipinski definition) is 0. The van der Waals surface area contributed by atoms with E-state index in [1.807, 2.05) is 0 Å². The molecule has 0 aliphatic heterocycles. The molecule has 5 heteroatoms. The number of ketones is 1. The normalized spacial score (nSPS) is 10.3. The van der Waals surface area contributed by atoms with Crippen LogP contribution in [0.2, 0.25) is 0 Å². The van der Waals surface area contributed by atoms with E-state index in [0.29, 0.717) is 22.6 Å². The first-order chi connectivity index (χ1) is 10.7. The van der Waals surface area contributed by atoms with Crippen molar-refractivity contribution in [2.24, 2.45) is 0 Å². The summed E-state index contributed by atoms with van der Waals surface area (Å²) in [7, 11) is 3.10. The van der Waals surface area contributed by atoms with E-state index in [-0.39, 0.29) is 19.4 Å². The van der Waals surface area contributed by atoms with E-state index in [2.05, 4.69) is 0 Å². The minimum absolute atomic E-state index is 0.0823. The molecule has 0 aliphatic rings. The lowest BCUT2D eigenvalue weighted by Crippen LogP contribution is -2.04. The van der Waals surface area contributed by atoms with Gasteiger partial charge in [-0.05, 0) is 36.4 Å². The van der Waals surface area contributed by atoms with Crippen molar-refractivity contribution in [3.05, 3.63) is 59.7 Å². The molecule has 0 saturated carbocycles. The summed E-state index contributed by atoms with van der Waals surface area (Å²) in [5, 5.41) is 0. The first-order valence-corrected chi connectivity index (χ1v) is 6.73. The summed E-state index contributed by atoms with van der Waals surface area (Å²) < 4.78 is 20.3. The Morgan fingerprint density at radius 1 is 0.818 bits per heavy atom. The summed E-state index contributed by atoms with van der Waals surface area (Å²) in [5.74, 6) is 1.16. The Balaban J connectivity index is 2.10. The summed E-state index contributed by atoms with van der Waals surface area (Å²) in [4.78, 5) is 12.4. The quantitative estimate of drug-likeness (QED) is 0.554. The molecule has 22 heavy (non-hydrogen) atoms. The molecule has 2 rings (SSSR count). The Hall–Kier alpha value is -2.37. The number of methoxy groups -OCH3 is 2. The number of hydrogen-bond acceptors (Lipinski definition) is 5. The molecule has 0 amide bonds. The van der Waals surface area contributed by atoms with Crippen LogP contribution in [-0.4, -0.2) is 33.6 Å². The second kappa shape index (κ2) is 8.17. The van der Waals surface area contributed by atoms with Crippen LogP contribution in [0.5, 0.6) is 11.5 Å². The molecule has 0 saturated heterocycles. The second-order valence-corrected chi connectivity index (χ2v) is 4.48. The van der Waals surface area contributed by atoms with E-state index in [4.69, 9.17) is 18.9 Å². The summed E-state index contributed by atoms with van der Waals surface area (Å²) in [6.45, 7) is 0.315. The third-order valence-corrected chi connectivity index (χ3v) is 2.90. The average Bonchev–Trinajstić information content (AvgIpc) is 2.58. The van der Waals surface area contributed by atoms with Gasteiger partial charge >= 0.3 is 0 Å². The first kappa shape index (κ1) is 16.0. The zero-order chi connectivity index (χ0) is 15.8. The average molecular weight is 302 g/mol. The molecule has 2 aromatic rings. The van der Waals surface area contributed by atoms with Crippen molar-refractivity contribution in [2.75, 3.05) is 27.8 Å². The van der Waals surface area contributed by atoms with Crippen molar-refractivity contribution < 1.29 is 23.7 Å². The van der Waals surface area contributed by atoms with Gasteiger partial charge in [0.2, 0.25) is 0 Å². The Morgan fingerprint density at radius 2 is 1.45 bits per heavy atom.